The molecule has 0 N–H and O–H groups in total. The van der Waals surface area contributed by atoms with Gasteiger partial charge in [-0.3, -0.25) is 0 Å². The Balaban J connectivity index is 2.29. The molecule has 0 unspecified atom stereocenters. The molecule has 2 rings (SSSR count). The summed E-state index contributed by atoms with van der Waals surface area (Å²) in [7, 11) is 0. The molecule has 0 saturated heterocycles. The molecular formula is C17H15FO2Se. The molecule has 0 aliphatic rings. The van der Waals surface area contributed by atoms with E-state index in [4.69, 9.17) is 4.74 Å². The first-order valence-electron chi connectivity index (χ1n) is 6.56. The minimum atomic E-state index is -0.342. The number of carbonyl (C=O) groups is 1. The summed E-state index contributed by atoms with van der Waals surface area (Å²) in [4.78, 5) is 12.1. The summed E-state index contributed by atoms with van der Waals surface area (Å²) in [5.41, 5.74) is 0.663. The Labute approximate surface area is 129 Å². The van der Waals surface area contributed by atoms with Gasteiger partial charge in [0.25, 0.3) is 0 Å². The molecule has 0 saturated carbocycles. The van der Waals surface area contributed by atoms with Gasteiger partial charge in [0, 0.05) is 0 Å². The van der Waals surface area contributed by atoms with Gasteiger partial charge in [-0.25, -0.2) is 0 Å². The van der Waals surface area contributed by atoms with Crippen molar-refractivity contribution >= 4 is 31.5 Å². The van der Waals surface area contributed by atoms with Crippen LogP contribution in [0.2, 0.25) is 0 Å². The molecule has 0 amide bonds. The summed E-state index contributed by atoms with van der Waals surface area (Å²) < 4.78 is 20.0. The molecule has 2 aromatic carbocycles. The number of ether oxygens (including phenoxy) is 1. The Kier molecular flexibility index (Phi) is 5.73. The van der Waals surface area contributed by atoms with Crippen molar-refractivity contribution in [1.29, 1.82) is 0 Å². The summed E-state index contributed by atoms with van der Waals surface area (Å²) in [5, 5.41) is 0. The van der Waals surface area contributed by atoms with Gasteiger partial charge in [0.2, 0.25) is 0 Å². The van der Waals surface area contributed by atoms with Crippen LogP contribution in [-0.4, -0.2) is 27.5 Å². The Bertz CT molecular complexity index is 638. The Morgan fingerprint density at radius 3 is 2.62 bits per heavy atom. The van der Waals surface area contributed by atoms with Crippen LogP contribution in [0.5, 0.6) is 0 Å². The van der Waals surface area contributed by atoms with Crippen LogP contribution < -0.4 is 4.46 Å². The third kappa shape index (κ3) is 4.85. The predicted molar refractivity (Wildman–Crippen MR) is 82.8 cm³/mol. The van der Waals surface area contributed by atoms with Gasteiger partial charge in [-0.05, 0) is 0 Å². The average Bonchev–Trinajstić information content (AvgIpc) is 2.48. The molecule has 0 heterocycles. The first-order chi connectivity index (χ1) is 10.2. The van der Waals surface area contributed by atoms with Crippen molar-refractivity contribution in [2.24, 2.45) is 0 Å². The first kappa shape index (κ1) is 15.5. The number of hydrogen-bond acceptors (Lipinski definition) is 2. The van der Waals surface area contributed by atoms with E-state index in [2.05, 4.69) is 0 Å². The summed E-state index contributed by atoms with van der Waals surface area (Å²) in [5.74, 6) is -0.662. The van der Waals surface area contributed by atoms with E-state index < -0.39 is 0 Å². The molecule has 0 radical (unpaired) electrons. The molecule has 21 heavy (non-hydrogen) atoms. The van der Waals surface area contributed by atoms with E-state index in [1.807, 2.05) is 30.3 Å². The van der Waals surface area contributed by atoms with Gasteiger partial charge >= 0.3 is 129 Å². The van der Waals surface area contributed by atoms with E-state index in [9.17, 15) is 9.18 Å². The minimum absolute atomic E-state index is 0.181. The third-order valence-electron chi connectivity index (χ3n) is 2.59. The van der Waals surface area contributed by atoms with Crippen molar-refractivity contribution in [3.8, 4) is 0 Å². The standard InChI is InChI=1S/C17H15FO2Se/c1-2-20-17(19)16(21-15-9-4-3-5-10-15)12-13-7-6-8-14(18)11-13/h3-12H,2H2,1H3/b16-12-. The van der Waals surface area contributed by atoms with Crippen LogP contribution >= 0.6 is 0 Å². The van der Waals surface area contributed by atoms with E-state index in [0.29, 0.717) is 16.6 Å². The first-order valence-corrected chi connectivity index (χ1v) is 8.27. The Hall–Kier alpha value is -1.90. The molecular weight excluding hydrogens is 334 g/mol. The zero-order valence-corrected chi connectivity index (χ0v) is 13.3. The van der Waals surface area contributed by atoms with Crippen LogP contribution in [0.1, 0.15) is 12.5 Å². The van der Waals surface area contributed by atoms with E-state index in [-0.39, 0.29) is 26.7 Å². The van der Waals surface area contributed by atoms with E-state index >= 15 is 0 Å². The summed E-state index contributed by atoms with van der Waals surface area (Å²) in [6.45, 7) is 2.09. The fraction of sp³-hybridized carbons (Fsp3) is 0.118. The number of benzene rings is 2. The number of halogens is 1. The average molecular weight is 349 g/mol. The maximum absolute atomic E-state index is 13.3. The molecule has 0 aliphatic carbocycles. The third-order valence-corrected chi connectivity index (χ3v) is 4.72. The van der Waals surface area contributed by atoms with Gasteiger partial charge in [-0.2, -0.15) is 0 Å². The quantitative estimate of drug-likeness (QED) is 0.471. The van der Waals surface area contributed by atoms with E-state index in [1.165, 1.54) is 12.1 Å². The number of carbonyl (C=O) groups excluding carboxylic acids is 1. The van der Waals surface area contributed by atoms with Crippen molar-refractivity contribution < 1.29 is 13.9 Å². The van der Waals surface area contributed by atoms with Gasteiger partial charge < -0.3 is 0 Å². The summed E-state index contributed by atoms with van der Waals surface area (Å²) >= 11 is -0.181. The fourth-order valence-corrected chi connectivity index (χ4v) is 3.55. The van der Waals surface area contributed by atoms with Gasteiger partial charge in [-0.1, -0.05) is 0 Å². The predicted octanol–water partition coefficient (Wildman–Crippen LogP) is 2.76. The van der Waals surface area contributed by atoms with Crippen molar-refractivity contribution in [3.05, 3.63) is 70.4 Å². The van der Waals surface area contributed by atoms with Crippen molar-refractivity contribution in [3.63, 3.8) is 0 Å². The Morgan fingerprint density at radius 2 is 1.95 bits per heavy atom. The normalized spacial score (nSPS) is 11.2. The molecule has 0 fully saturated rings. The summed E-state index contributed by atoms with van der Waals surface area (Å²) in [6.07, 6.45) is 1.70. The molecule has 0 bridgehead atoms. The monoisotopic (exact) mass is 350 g/mol. The topological polar surface area (TPSA) is 26.3 Å². The fourth-order valence-electron chi connectivity index (χ4n) is 1.70. The van der Waals surface area contributed by atoms with Crippen molar-refractivity contribution in [2.45, 2.75) is 6.92 Å². The molecule has 0 aromatic heterocycles. The van der Waals surface area contributed by atoms with Crippen LogP contribution in [0.4, 0.5) is 4.39 Å². The molecule has 2 nitrogen and oxygen atoms in total. The van der Waals surface area contributed by atoms with Crippen LogP contribution in [-0.2, 0) is 9.53 Å². The van der Waals surface area contributed by atoms with Crippen LogP contribution in [0.25, 0.3) is 6.08 Å². The van der Waals surface area contributed by atoms with Gasteiger partial charge in [0.1, 0.15) is 0 Å². The van der Waals surface area contributed by atoms with Crippen molar-refractivity contribution in [2.75, 3.05) is 6.61 Å². The second-order valence-electron chi connectivity index (χ2n) is 4.20. The van der Waals surface area contributed by atoms with Crippen LogP contribution in [0, 0.1) is 5.82 Å². The molecule has 4 heteroatoms. The summed E-state index contributed by atoms with van der Waals surface area (Å²) in [6, 6.07) is 15.9. The van der Waals surface area contributed by atoms with Gasteiger partial charge in [0.05, 0.1) is 0 Å². The number of hydrogen-bond donors (Lipinski definition) is 0. The van der Waals surface area contributed by atoms with Gasteiger partial charge in [-0.15, -0.1) is 0 Å². The molecule has 108 valence electrons. The van der Waals surface area contributed by atoms with Crippen LogP contribution in [0.15, 0.2) is 59.1 Å². The molecule has 2 aromatic rings. The number of rotatable bonds is 5. The molecule has 0 aliphatic heterocycles. The van der Waals surface area contributed by atoms with E-state index in [1.54, 1.807) is 25.1 Å². The zero-order valence-electron chi connectivity index (χ0n) is 11.6. The molecule has 0 atom stereocenters. The number of esters is 1. The van der Waals surface area contributed by atoms with Crippen molar-refractivity contribution in [1.82, 2.24) is 0 Å². The Morgan fingerprint density at radius 1 is 1.19 bits per heavy atom. The zero-order chi connectivity index (χ0) is 15.1. The van der Waals surface area contributed by atoms with Gasteiger partial charge in [0.15, 0.2) is 0 Å². The van der Waals surface area contributed by atoms with E-state index in [0.717, 1.165) is 4.46 Å². The van der Waals surface area contributed by atoms with Crippen LogP contribution in [0.3, 0.4) is 0 Å². The molecule has 0 spiro atoms. The second kappa shape index (κ2) is 7.77. The SMILES string of the molecule is CCOC(=O)/C(=C/c1cccc(F)c1)[Se]c1ccccc1. The maximum atomic E-state index is 13.3. The second-order valence-corrected chi connectivity index (χ2v) is 6.54.